The number of carbonyl (C=O) groups is 1. The molecule has 2 aromatic rings. The summed E-state index contributed by atoms with van der Waals surface area (Å²) in [5.74, 6) is -0.131. The SMILES string of the molecule is CCO[C@H]1OC(C(=O)NCc2ccccc2)=C[C@@H](c2ccc(Cl)cc2)[C@H]1CCCO. The maximum atomic E-state index is 12.9. The van der Waals surface area contributed by atoms with E-state index in [4.69, 9.17) is 21.1 Å². The van der Waals surface area contributed by atoms with Crippen LogP contribution in [-0.4, -0.2) is 30.5 Å². The summed E-state index contributed by atoms with van der Waals surface area (Å²) in [5.41, 5.74) is 2.04. The molecule has 30 heavy (non-hydrogen) atoms. The van der Waals surface area contributed by atoms with Crippen LogP contribution in [-0.2, 0) is 20.8 Å². The molecule has 2 N–H and O–H groups in total. The molecule has 1 aliphatic rings. The van der Waals surface area contributed by atoms with Gasteiger partial charge in [0.2, 0.25) is 6.29 Å². The van der Waals surface area contributed by atoms with Gasteiger partial charge in [-0.3, -0.25) is 4.79 Å². The molecule has 5 nitrogen and oxygen atoms in total. The van der Waals surface area contributed by atoms with Gasteiger partial charge in [-0.2, -0.15) is 0 Å². The number of ether oxygens (including phenoxy) is 2. The van der Waals surface area contributed by atoms with Crippen molar-refractivity contribution in [3.63, 3.8) is 0 Å². The molecule has 0 radical (unpaired) electrons. The first-order valence-corrected chi connectivity index (χ1v) is 10.7. The number of nitrogens with one attached hydrogen (secondary N) is 1. The zero-order valence-corrected chi connectivity index (χ0v) is 17.8. The summed E-state index contributed by atoms with van der Waals surface area (Å²) >= 11 is 6.07. The predicted octanol–water partition coefficient (Wildman–Crippen LogP) is 4.41. The first-order chi connectivity index (χ1) is 14.6. The van der Waals surface area contributed by atoms with E-state index in [1.54, 1.807) is 0 Å². The molecule has 0 unspecified atom stereocenters. The molecular weight excluding hydrogens is 402 g/mol. The number of halogens is 1. The van der Waals surface area contributed by atoms with Crippen molar-refractivity contribution in [2.75, 3.05) is 13.2 Å². The molecular formula is C24H28ClNO4. The molecule has 0 saturated heterocycles. The lowest BCUT2D eigenvalue weighted by atomic mass is 9.80. The number of carbonyl (C=O) groups excluding carboxylic acids is 1. The van der Waals surface area contributed by atoms with Crippen molar-refractivity contribution in [1.29, 1.82) is 0 Å². The van der Waals surface area contributed by atoms with Crippen LogP contribution < -0.4 is 5.32 Å². The molecule has 1 aliphatic heterocycles. The van der Waals surface area contributed by atoms with Gasteiger partial charge >= 0.3 is 0 Å². The monoisotopic (exact) mass is 429 g/mol. The molecule has 160 valence electrons. The highest BCUT2D eigenvalue weighted by atomic mass is 35.5. The Bertz CT molecular complexity index is 838. The van der Waals surface area contributed by atoms with Crippen LogP contribution in [0.4, 0.5) is 0 Å². The Morgan fingerprint density at radius 2 is 1.90 bits per heavy atom. The Hall–Kier alpha value is -2.34. The van der Waals surface area contributed by atoms with Crippen LogP contribution in [0, 0.1) is 5.92 Å². The zero-order valence-electron chi connectivity index (χ0n) is 17.1. The minimum absolute atomic E-state index is 0.0241. The van der Waals surface area contributed by atoms with E-state index in [9.17, 15) is 9.90 Å². The van der Waals surface area contributed by atoms with Gasteiger partial charge in [-0.05, 0) is 49.1 Å². The van der Waals surface area contributed by atoms with Crippen LogP contribution in [0.25, 0.3) is 0 Å². The predicted molar refractivity (Wildman–Crippen MR) is 117 cm³/mol. The number of allylic oxidation sites excluding steroid dienone is 1. The van der Waals surface area contributed by atoms with Gasteiger partial charge in [0.25, 0.3) is 5.91 Å². The Balaban J connectivity index is 1.85. The number of hydrogen-bond donors (Lipinski definition) is 2. The van der Waals surface area contributed by atoms with E-state index in [-0.39, 0.29) is 30.1 Å². The molecule has 3 atom stereocenters. The first kappa shape index (κ1) is 22.3. The fourth-order valence-corrected chi connectivity index (χ4v) is 3.82. The van der Waals surface area contributed by atoms with E-state index in [1.807, 2.05) is 67.6 Å². The van der Waals surface area contributed by atoms with Crippen LogP contribution >= 0.6 is 11.6 Å². The molecule has 6 heteroatoms. The summed E-state index contributed by atoms with van der Waals surface area (Å²) in [6.45, 7) is 2.87. The van der Waals surface area contributed by atoms with Crippen molar-refractivity contribution in [2.45, 2.75) is 38.5 Å². The van der Waals surface area contributed by atoms with Gasteiger partial charge in [0.05, 0.1) is 0 Å². The first-order valence-electron chi connectivity index (χ1n) is 10.3. The summed E-state index contributed by atoms with van der Waals surface area (Å²) < 4.78 is 11.8. The second-order valence-corrected chi connectivity index (χ2v) is 7.68. The molecule has 0 spiro atoms. The average Bonchev–Trinajstić information content (AvgIpc) is 2.77. The highest BCUT2D eigenvalue weighted by molar-refractivity contribution is 6.30. The summed E-state index contributed by atoms with van der Waals surface area (Å²) in [6.07, 6.45) is 2.64. The second-order valence-electron chi connectivity index (χ2n) is 7.25. The quantitative estimate of drug-likeness (QED) is 0.619. The fourth-order valence-electron chi connectivity index (χ4n) is 3.70. The largest absolute Gasteiger partial charge is 0.459 e. The smallest absolute Gasteiger partial charge is 0.286 e. The third kappa shape index (κ3) is 5.85. The Morgan fingerprint density at radius 1 is 1.17 bits per heavy atom. The van der Waals surface area contributed by atoms with E-state index in [0.717, 1.165) is 11.1 Å². The van der Waals surface area contributed by atoms with E-state index in [1.165, 1.54) is 0 Å². The lowest BCUT2D eigenvalue weighted by Gasteiger charge is -2.37. The number of hydrogen-bond acceptors (Lipinski definition) is 4. The van der Waals surface area contributed by atoms with Gasteiger partial charge in [0.1, 0.15) is 0 Å². The molecule has 1 heterocycles. The topological polar surface area (TPSA) is 67.8 Å². The molecule has 0 saturated carbocycles. The van der Waals surface area contributed by atoms with Gasteiger partial charge < -0.3 is 19.9 Å². The Morgan fingerprint density at radius 3 is 2.57 bits per heavy atom. The van der Waals surface area contributed by atoms with Crippen molar-refractivity contribution in [1.82, 2.24) is 5.32 Å². The molecule has 3 rings (SSSR count). The van der Waals surface area contributed by atoms with Crippen LogP contribution in [0.15, 0.2) is 66.4 Å². The van der Waals surface area contributed by atoms with E-state index in [0.29, 0.717) is 31.0 Å². The number of rotatable bonds is 9. The summed E-state index contributed by atoms with van der Waals surface area (Å²) in [7, 11) is 0. The van der Waals surface area contributed by atoms with Crippen LogP contribution in [0.2, 0.25) is 5.02 Å². The molecule has 0 aromatic heterocycles. The van der Waals surface area contributed by atoms with E-state index in [2.05, 4.69) is 5.32 Å². The van der Waals surface area contributed by atoms with Gasteiger partial charge in [-0.15, -0.1) is 0 Å². The maximum Gasteiger partial charge on any atom is 0.286 e. The van der Waals surface area contributed by atoms with Crippen LogP contribution in [0.3, 0.4) is 0 Å². The van der Waals surface area contributed by atoms with Crippen molar-refractivity contribution in [3.05, 3.63) is 82.6 Å². The molecule has 2 aromatic carbocycles. The standard InChI is InChI=1S/C24H28ClNO4/c1-2-29-24-20(9-6-14-27)21(18-10-12-19(25)13-11-18)15-22(30-24)23(28)26-16-17-7-4-3-5-8-17/h3-5,7-8,10-13,15,20-21,24,27H,2,6,9,14,16H2,1H3,(H,26,28)/t20-,21+,24+/m1/s1. The summed E-state index contributed by atoms with van der Waals surface area (Å²) in [6, 6.07) is 17.3. The molecule has 1 amide bonds. The maximum absolute atomic E-state index is 12.9. The van der Waals surface area contributed by atoms with Crippen LogP contribution in [0.5, 0.6) is 0 Å². The second kappa shape index (κ2) is 11.2. The fraction of sp³-hybridized carbons (Fsp3) is 0.375. The van der Waals surface area contributed by atoms with E-state index < -0.39 is 6.29 Å². The Kier molecular flexibility index (Phi) is 8.31. The molecule has 0 aliphatic carbocycles. The zero-order chi connectivity index (χ0) is 21.3. The van der Waals surface area contributed by atoms with Crippen molar-refractivity contribution in [3.8, 4) is 0 Å². The normalized spacial score (nSPS) is 20.9. The number of aliphatic hydroxyl groups is 1. The number of amides is 1. The van der Waals surface area contributed by atoms with Gasteiger partial charge in [0, 0.05) is 36.6 Å². The average molecular weight is 430 g/mol. The van der Waals surface area contributed by atoms with Gasteiger partial charge in [0.15, 0.2) is 5.76 Å². The van der Waals surface area contributed by atoms with Crippen molar-refractivity contribution in [2.24, 2.45) is 5.92 Å². The number of benzene rings is 2. The van der Waals surface area contributed by atoms with E-state index >= 15 is 0 Å². The lowest BCUT2D eigenvalue weighted by Crippen LogP contribution is -2.38. The summed E-state index contributed by atoms with van der Waals surface area (Å²) in [4.78, 5) is 12.9. The molecule has 0 bridgehead atoms. The van der Waals surface area contributed by atoms with Crippen LogP contribution in [0.1, 0.15) is 36.8 Å². The highest BCUT2D eigenvalue weighted by Gasteiger charge is 2.37. The third-order valence-electron chi connectivity index (χ3n) is 5.19. The Labute approximate surface area is 182 Å². The van der Waals surface area contributed by atoms with Gasteiger partial charge in [-0.1, -0.05) is 54.1 Å². The van der Waals surface area contributed by atoms with Gasteiger partial charge in [-0.25, -0.2) is 0 Å². The third-order valence-corrected chi connectivity index (χ3v) is 5.44. The minimum Gasteiger partial charge on any atom is -0.459 e. The number of aliphatic hydroxyl groups excluding tert-OH is 1. The highest BCUT2D eigenvalue weighted by Crippen LogP contribution is 2.39. The summed E-state index contributed by atoms with van der Waals surface area (Å²) in [5, 5.41) is 12.9. The lowest BCUT2D eigenvalue weighted by molar-refractivity contribution is -0.166. The minimum atomic E-state index is -0.565. The van der Waals surface area contributed by atoms with Crippen molar-refractivity contribution < 1.29 is 19.4 Å². The molecule has 0 fully saturated rings. The van der Waals surface area contributed by atoms with Crippen molar-refractivity contribution >= 4 is 17.5 Å².